The molecule has 0 unspecified atom stereocenters. The van der Waals surface area contributed by atoms with E-state index in [4.69, 9.17) is 5.73 Å². The van der Waals surface area contributed by atoms with Crippen LogP contribution in [0.1, 0.15) is 30.9 Å². The first-order chi connectivity index (χ1) is 7.09. The minimum absolute atomic E-state index is 0. The SMILES string of the molecule is Cl.N[C@H](CC1CC1)c1ccc(Br)c(F)c1O. The van der Waals surface area contributed by atoms with Gasteiger partial charge in [-0.3, -0.25) is 0 Å². The highest BCUT2D eigenvalue weighted by atomic mass is 79.9. The summed E-state index contributed by atoms with van der Waals surface area (Å²) in [6.07, 6.45) is 3.23. The molecule has 0 heterocycles. The molecule has 0 saturated heterocycles. The van der Waals surface area contributed by atoms with Crippen molar-refractivity contribution in [2.24, 2.45) is 11.7 Å². The Hall–Kier alpha value is -0.320. The van der Waals surface area contributed by atoms with E-state index in [9.17, 15) is 9.50 Å². The largest absolute Gasteiger partial charge is 0.505 e. The first kappa shape index (κ1) is 13.7. The summed E-state index contributed by atoms with van der Waals surface area (Å²) in [6.45, 7) is 0. The van der Waals surface area contributed by atoms with E-state index in [1.165, 1.54) is 12.8 Å². The maximum Gasteiger partial charge on any atom is 0.179 e. The van der Waals surface area contributed by atoms with E-state index < -0.39 is 5.82 Å². The fraction of sp³-hybridized carbons (Fsp3) is 0.455. The first-order valence-electron chi connectivity index (χ1n) is 5.02. The van der Waals surface area contributed by atoms with E-state index in [0.29, 0.717) is 11.5 Å². The van der Waals surface area contributed by atoms with Gasteiger partial charge in [0.25, 0.3) is 0 Å². The molecule has 1 fully saturated rings. The van der Waals surface area contributed by atoms with Crippen LogP contribution in [0.25, 0.3) is 0 Å². The Labute approximate surface area is 109 Å². The van der Waals surface area contributed by atoms with Crippen LogP contribution in [0.2, 0.25) is 0 Å². The number of rotatable bonds is 3. The van der Waals surface area contributed by atoms with Gasteiger partial charge in [-0.25, -0.2) is 4.39 Å². The second-order valence-corrected chi connectivity index (χ2v) is 4.94. The summed E-state index contributed by atoms with van der Waals surface area (Å²) in [6, 6.07) is 2.99. The number of hydrogen-bond donors (Lipinski definition) is 2. The van der Waals surface area contributed by atoms with Crippen molar-refractivity contribution in [3.05, 3.63) is 28.0 Å². The smallest absolute Gasteiger partial charge is 0.179 e. The van der Waals surface area contributed by atoms with Crippen LogP contribution in [-0.4, -0.2) is 5.11 Å². The van der Waals surface area contributed by atoms with Gasteiger partial charge in [-0.15, -0.1) is 12.4 Å². The van der Waals surface area contributed by atoms with Gasteiger partial charge in [0, 0.05) is 11.6 Å². The second-order valence-electron chi connectivity index (χ2n) is 4.08. The van der Waals surface area contributed by atoms with Crippen molar-refractivity contribution >= 4 is 28.3 Å². The number of aromatic hydroxyl groups is 1. The molecule has 3 N–H and O–H groups in total. The van der Waals surface area contributed by atoms with Crippen LogP contribution in [0.5, 0.6) is 5.75 Å². The lowest BCUT2D eigenvalue weighted by Crippen LogP contribution is -2.11. The molecule has 90 valence electrons. The van der Waals surface area contributed by atoms with Gasteiger partial charge in [-0.2, -0.15) is 0 Å². The van der Waals surface area contributed by atoms with Crippen LogP contribution in [-0.2, 0) is 0 Å². The van der Waals surface area contributed by atoms with Crippen molar-refractivity contribution in [3.8, 4) is 5.75 Å². The third-order valence-electron chi connectivity index (χ3n) is 2.78. The van der Waals surface area contributed by atoms with Crippen LogP contribution in [0.3, 0.4) is 0 Å². The number of hydrogen-bond acceptors (Lipinski definition) is 2. The summed E-state index contributed by atoms with van der Waals surface area (Å²) < 4.78 is 13.6. The van der Waals surface area contributed by atoms with Crippen molar-refractivity contribution < 1.29 is 9.50 Å². The molecule has 16 heavy (non-hydrogen) atoms. The topological polar surface area (TPSA) is 46.2 Å². The molecule has 5 heteroatoms. The number of benzene rings is 1. The molecule has 2 rings (SSSR count). The molecular weight excluding hydrogens is 296 g/mol. The standard InChI is InChI=1S/C11H13BrFNO.ClH/c12-8-4-3-7(11(15)10(8)13)9(14)5-6-1-2-6;/h3-4,6,9,15H,1-2,5,14H2;1H/t9-;/m1./s1. The molecule has 0 bridgehead atoms. The predicted molar refractivity (Wildman–Crippen MR) is 67.3 cm³/mol. The van der Waals surface area contributed by atoms with E-state index in [2.05, 4.69) is 15.9 Å². The lowest BCUT2D eigenvalue weighted by Gasteiger charge is -2.13. The monoisotopic (exact) mass is 309 g/mol. The maximum absolute atomic E-state index is 13.4. The average Bonchev–Trinajstić information content (AvgIpc) is 2.98. The van der Waals surface area contributed by atoms with Crippen molar-refractivity contribution in [1.29, 1.82) is 0 Å². The summed E-state index contributed by atoms with van der Waals surface area (Å²) >= 11 is 3.02. The van der Waals surface area contributed by atoms with Gasteiger partial charge >= 0.3 is 0 Å². The predicted octanol–water partition coefficient (Wildman–Crippen LogP) is 3.52. The van der Waals surface area contributed by atoms with Crippen LogP contribution >= 0.6 is 28.3 Å². The van der Waals surface area contributed by atoms with E-state index in [0.717, 1.165) is 6.42 Å². The Morgan fingerprint density at radius 2 is 2.12 bits per heavy atom. The van der Waals surface area contributed by atoms with E-state index in [1.807, 2.05) is 0 Å². The van der Waals surface area contributed by atoms with Gasteiger partial charge in [0.15, 0.2) is 11.6 Å². The number of nitrogens with two attached hydrogens (primary N) is 1. The molecule has 0 radical (unpaired) electrons. The molecule has 1 aliphatic carbocycles. The molecule has 1 aliphatic rings. The highest BCUT2D eigenvalue weighted by Gasteiger charge is 2.26. The van der Waals surface area contributed by atoms with Gasteiger partial charge in [0.05, 0.1) is 4.47 Å². The van der Waals surface area contributed by atoms with Crippen LogP contribution in [0.4, 0.5) is 4.39 Å². The maximum atomic E-state index is 13.4. The van der Waals surface area contributed by atoms with Crippen LogP contribution < -0.4 is 5.73 Å². The van der Waals surface area contributed by atoms with Crippen molar-refractivity contribution in [1.82, 2.24) is 0 Å². The quantitative estimate of drug-likeness (QED) is 0.897. The molecule has 1 aromatic rings. The number of phenols is 1. The van der Waals surface area contributed by atoms with Crippen LogP contribution in [0, 0.1) is 11.7 Å². The third-order valence-corrected chi connectivity index (χ3v) is 3.40. The Bertz CT molecular complexity index is 384. The van der Waals surface area contributed by atoms with Crippen LogP contribution in [0.15, 0.2) is 16.6 Å². The Morgan fingerprint density at radius 3 is 2.69 bits per heavy atom. The number of halogens is 3. The zero-order valence-corrected chi connectivity index (χ0v) is 11.0. The highest BCUT2D eigenvalue weighted by molar-refractivity contribution is 9.10. The lowest BCUT2D eigenvalue weighted by molar-refractivity contribution is 0.415. The first-order valence-corrected chi connectivity index (χ1v) is 5.81. The van der Waals surface area contributed by atoms with Gasteiger partial charge in [-0.1, -0.05) is 18.9 Å². The second kappa shape index (κ2) is 5.34. The molecule has 0 amide bonds. The molecule has 1 aromatic carbocycles. The Morgan fingerprint density at radius 1 is 1.50 bits per heavy atom. The zero-order valence-electron chi connectivity index (χ0n) is 8.62. The Kier molecular flexibility index (Phi) is 4.59. The molecular formula is C11H14BrClFNO. The third kappa shape index (κ3) is 2.87. The van der Waals surface area contributed by atoms with Crippen molar-refractivity contribution in [3.63, 3.8) is 0 Å². The summed E-state index contributed by atoms with van der Waals surface area (Å²) in [4.78, 5) is 0. The Balaban J connectivity index is 0.00000128. The normalized spacial score (nSPS) is 16.7. The van der Waals surface area contributed by atoms with Gasteiger partial charge in [0.2, 0.25) is 0 Å². The molecule has 0 spiro atoms. The summed E-state index contributed by atoms with van der Waals surface area (Å²) in [5, 5.41) is 9.60. The van der Waals surface area contributed by atoms with E-state index in [-0.39, 0.29) is 28.7 Å². The van der Waals surface area contributed by atoms with E-state index >= 15 is 0 Å². The fourth-order valence-corrected chi connectivity index (χ4v) is 2.01. The lowest BCUT2D eigenvalue weighted by atomic mass is 10.0. The molecule has 0 aliphatic heterocycles. The summed E-state index contributed by atoms with van der Waals surface area (Å²) in [5.74, 6) is -0.289. The number of phenolic OH excluding ortho intramolecular Hbond substituents is 1. The van der Waals surface area contributed by atoms with E-state index in [1.54, 1.807) is 12.1 Å². The minimum Gasteiger partial charge on any atom is -0.505 e. The fourth-order valence-electron chi connectivity index (χ4n) is 1.69. The highest BCUT2D eigenvalue weighted by Crippen LogP contribution is 2.39. The van der Waals surface area contributed by atoms with Gasteiger partial charge < -0.3 is 10.8 Å². The molecule has 0 aromatic heterocycles. The van der Waals surface area contributed by atoms with Gasteiger partial charge in [-0.05, 0) is 34.3 Å². The molecule has 1 atom stereocenters. The summed E-state index contributed by atoms with van der Waals surface area (Å²) in [5.41, 5.74) is 6.42. The average molecular weight is 311 g/mol. The molecule has 2 nitrogen and oxygen atoms in total. The minimum atomic E-state index is -0.626. The summed E-state index contributed by atoms with van der Waals surface area (Å²) in [7, 11) is 0. The van der Waals surface area contributed by atoms with Crippen molar-refractivity contribution in [2.75, 3.05) is 0 Å². The van der Waals surface area contributed by atoms with Crippen molar-refractivity contribution in [2.45, 2.75) is 25.3 Å². The molecule has 1 saturated carbocycles. The van der Waals surface area contributed by atoms with Gasteiger partial charge in [0.1, 0.15) is 0 Å². The zero-order chi connectivity index (χ0) is 11.0.